The molecule has 5 nitrogen and oxygen atoms in total. The molecule has 2 aliphatic rings. The van der Waals surface area contributed by atoms with Crippen LogP contribution in [0.1, 0.15) is 39.0 Å². The van der Waals surface area contributed by atoms with Crippen LogP contribution < -0.4 is 5.73 Å². The van der Waals surface area contributed by atoms with Gasteiger partial charge in [0.05, 0.1) is 12.1 Å². The maximum Gasteiger partial charge on any atom is 0.239 e. The number of hydrogen-bond donors (Lipinski definition) is 1. The Labute approximate surface area is 122 Å². The molecule has 1 amide bonds. The SMILES string of the molecule is CCC[C@@H](N)C(=O)N1CCCN(CC2CCCO2)CC1. The summed E-state index contributed by atoms with van der Waals surface area (Å²) in [6.07, 6.45) is 5.56. The lowest BCUT2D eigenvalue weighted by atomic mass is 10.1. The van der Waals surface area contributed by atoms with Gasteiger partial charge in [0.1, 0.15) is 0 Å². The number of ether oxygens (including phenoxy) is 1. The van der Waals surface area contributed by atoms with E-state index in [0.717, 1.165) is 58.6 Å². The average Bonchev–Trinajstić information content (AvgIpc) is 2.83. The summed E-state index contributed by atoms with van der Waals surface area (Å²) < 4.78 is 5.70. The van der Waals surface area contributed by atoms with E-state index in [-0.39, 0.29) is 11.9 Å². The topological polar surface area (TPSA) is 58.8 Å². The maximum absolute atomic E-state index is 12.2. The molecule has 0 saturated carbocycles. The molecule has 2 atom stereocenters. The van der Waals surface area contributed by atoms with Gasteiger partial charge in [-0.3, -0.25) is 9.69 Å². The zero-order chi connectivity index (χ0) is 14.4. The quantitative estimate of drug-likeness (QED) is 0.812. The Bertz CT molecular complexity index is 305. The third-order valence-corrected chi connectivity index (χ3v) is 4.30. The minimum absolute atomic E-state index is 0.130. The lowest BCUT2D eigenvalue weighted by Gasteiger charge is -2.25. The highest BCUT2D eigenvalue weighted by Gasteiger charge is 2.25. The fourth-order valence-electron chi connectivity index (χ4n) is 3.12. The van der Waals surface area contributed by atoms with Gasteiger partial charge in [0, 0.05) is 32.8 Å². The molecule has 2 fully saturated rings. The molecule has 0 aromatic heterocycles. The van der Waals surface area contributed by atoms with E-state index in [4.69, 9.17) is 10.5 Å². The summed E-state index contributed by atoms with van der Waals surface area (Å²) in [5.74, 6) is 0.130. The standard InChI is InChI=1S/C15H29N3O2/c1-2-5-14(16)15(19)18-8-4-7-17(9-10-18)12-13-6-3-11-20-13/h13-14H,2-12,16H2,1H3/t13?,14-/m1/s1. The second-order valence-electron chi connectivity index (χ2n) is 6.01. The van der Waals surface area contributed by atoms with Crippen molar-refractivity contribution in [1.82, 2.24) is 9.80 Å². The highest BCUT2D eigenvalue weighted by atomic mass is 16.5. The molecule has 0 radical (unpaired) electrons. The largest absolute Gasteiger partial charge is 0.377 e. The molecule has 20 heavy (non-hydrogen) atoms. The highest BCUT2D eigenvalue weighted by molar-refractivity contribution is 5.81. The van der Waals surface area contributed by atoms with Crippen molar-refractivity contribution >= 4 is 5.91 Å². The van der Waals surface area contributed by atoms with Crippen molar-refractivity contribution in [1.29, 1.82) is 0 Å². The van der Waals surface area contributed by atoms with Gasteiger partial charge >= 0.3 is 0 Å². The van der Waals surface area contributed by atoms with Gasteiger partial charge in [-0.05, 0) is 32.2 Å². The zero-order valence-corrected chi connectivity index (χ0v) is 12.7. The lowest BCUT2D eigenvalue weighted by molar-refractivity contribution is -0.132. The molecule has 0 spiro atoms. The smallest absolute Gasteiger partial charge is 0.239 e. The Balaban J connectivity index is 1.77. The lowest BCUT2D eigenvalue weighted by Crippen LogP contribution is -2.45. The Morgan fingerprint density at radius 3 is 2.85 bits per heavy atom. The van der Waals surface area contributed by atoms with Crippen molar-refractivity contribution in [2.24, 2.45) is 5.73 Å². The van der Waals surface area contributed by atoms with Crippen molar-refractivity contribution in [3.63, 3.8) is 0 Å². The van der Waals surface area contributed by atoms with Gasteiger partial charge in [0.25, 0.3) is 0 Å². The number of hydrogen-bond acceptors (Lipinski definition) is 4. The maximum atomic E-state index is 12.2. The van der Waals surface area contributed by atoms with Crippen LogP contribution in [-0.4, -0.2) is 67.2 Å². The Morgan fingerprint density at radius 1 is 1.30 bits per heavy atom. The number of amides is 1. The average molecular weight is 283 g/mol. The molecular weight excluding hydrogens is 254 g/mol. The van der Waals surface area contributed by atoms with Crippen LogP contribution in [0.5, 0.6) is 0 Å². The highest BCUT2D eigenvalue weighted by Crippen LogP contribution is 2.15. The third kappa shape index (κ3) is 4.43. The summed E-state index contributed by atoms with van der Waals surface area (Å²) >= 11 is 0. The summed E-state index contributed by atoms with van der Waals surface area (Å²) in [7, 11) is 0. The molecule has 0 aliphatic carbocycles. The normalized spacial score (nSPS) is 26.5. The van der Waals surface area contributed by atoms with Crippen molar-refractivity contribution in [2.75, 3.05) is 39.3 Å². The van der Waals surface area contributed by atoms with E-state index in [1.54, 1.807) is 0 Å². The molecule has 5 heteroatoms. The predicted octanol–water partition coefficient (Wildman–Crippen LogP) is 0.827. The molecule has 2 saturated heterocycles. The number of rotatable bonds is 5. The van der Waals surface area contributed by atoms with Crippen LogP contribution in [0.3, 0.4) is 0 Å². The van der Waals surface area contributed by atoms with Gasteiger partial charge in [0.15, 0.2) is 0 Å². The summed E-state index contributed by atoms with van der Waals surface area (Å²) in [6, 6.07) is -0.315. The van der Waals surface area contributed by atoms with Crippen LogP contribution >= 0.6 is 0 Å². The molecular formula is C15H29N3O2. The van der Waals surface area contributed by atoms with Gasteiger partial charge in [-0.2, -0.15) is 0 Å². The molecule has 116 valence electrons. The van der Waals surface area contributed by atoms with Gasteiger partial charge in [0.2, 0.25) is 5.91 Å². The van der Waals surface area contributed by atoms with E-state index in [9.17, 15) is 4.79 Å². The minimum atomic E-state index is -0.315. The third-order valence-electron chi connectivity index (χ3n) is 4.30. The molecule has 2 heterocycles. The van der Waals surface area contributed by atoms with E-state index in [1.165, 1.54) is 12.8 Å². The van der Waals surface area contributed by atoms with Crippen molar-refractivity contribution < 1.29 is 9.53 Å². The Kier molecular flexibility index (Phi) is 6.26. The fraction of sp³-hybridized carbons (Fsp3) is 0.933. The Hall–Kier alpha value is -0.650. The minimum Gasteiger partial charge on any atom is -0.377 e. The van der Waals surface area contributed by atoms with E-state index in [1.807, 2.05) is 4.90 Å². The van der Waals surface area contributed by atoms with Crippen LogP contribution in [0.4, 0.5) is 0 Å². The molecule has 2 aliphatic heterocycles. The summed E-state index contributed by atoms with van der Waals surface area (Å²) in [6.45, 7) is 7.66. The van der Waals surface area contributed by atoms with Crippen LogP contribution in [0.25, 0.3) is 0 Å². The van der Waals surface area contributed by atoms with Gasteiger partial charge < -0.3 is 15.4 Å². The van der Waals surface area contributed by atoms with Crippen molar-refractivity contribution in [2.45, 2.75) is 51.2 Å². The van der Waals surface area contributed by atoms with E-state index < -0.39 is 0 Å². The van der Waals surface area contributed by atoms with E-state index in [2.05, 4.69) is 11.8 Å². The summed E-state index contributed by atoms with van der Waals surface area (Å²) in [5.41, 5.74) is 5.95. The predicted molar refractivity (Wildman–Crippen MR) is 79.5 cm³/mol. The van der Waals surface area contributed by atoms with Crippen molar-refractivity contribution in [3.05, 3.63) is 0 Å². The number of nitrogens with zero attached hydrogens (tertiary/aromatic N) is 2. The van der Waals surface area contributed by atoms with Crippen LogP contribution in [0.2, 0.25) is 0 Å². The first-order valence-electron chi connectivity index (χ1n) is 8.09. The van der Waals surface area contributed by atoms with Crippen LogP contribution in [0, 0.1) is 0 Å². The first-order chi connectivity index (χ1) is 9.70. The molecule has 2 rings (SSSR count). The zero-order valence-electron chi connectivity index (χ0n) is 12.7. The number of carbonyl (C=O) groups is 1. The fourth-order valence-corrected chi connectivity index (χ4v) is 3.12. The second-order valence-corrected chi connectivity index (χ2v) is 6.01. The number of carbonyl (C=O) groups excluding carboxylic acids is 1. The van der Waals surface area contributed by atoms with Crippen LogP contribution in [-0.2, 0) is 9.53 Å². The van der Waals surface area contributed by atoms with Crippen molar-refractivity contribution in [3.8, 4) is 0 Å². The second kappa shape index (κ2) is 7.96. The molecule has 0 aromatic carbocycles. The van der Waals surface area contributed by atoms with Gasteiger partial charge in [-0.1, -0.05) is 13.3 Å². The molecule has 0 bridgehead atoms. The van der Waals surface area contributed by atoms with Gasteiger partial charge in [-0.25, -0.2) is 0 Å². The monoisotopic (exact) mass is 283 g/mol. The first-order valence-corrected chi connectivity index (χ1v) is 8.09. The summed E-state index contributed by atoms with van der Waals surface area (Å²) in [5, 5.41) is 0. The first kappa shape index (κ1) is 15.7. The number of nitrogens with two attached hydrogens (primary N) is 1. The van der Waals surface area contributed by atoms with E-state index in [0.29, 0.717) is 6.10 Å². The Morgan fingerprint density at radius 2 is 2.15 bits per heavy atom. The van der Waals surface area contributed by atoms with E-state index >= 15 is 0 Å². The molecule has 2 N–H and O–H groups in total. The summed E-state index contributed by atoms with van der Waals surface area (Å²) in [4.78, 5) is 16.6. The van der Waals surface area contributed by atoms with Gasteiger partial charge in [-0.15, -0.1) is 0 Å². The molecule has 0 aromatic rings. The van der Waals surface area contributed by atoms with Crippen LogP contribution in [0.15, 0.2) is 0 Å². The molecule has 1 unspecified atom stereocenters.